The van der Waals surface area contributed by atoms with Crippen molar-refractivity contribution in [2.24, 2.45) is 0 Å². The standard InChI is InChI=1S/C16H17BrN2O5S/c1-11-4-6-14(9-15(11)19(20)21)25(22,23)18(2)10-12-8-13(17)5-7-16(12)24-3/h4-9H,10H2,1-3H3. The number of hydrogen-bond donors (Lipinski definition) is 0. The van der Waals surface area contributed by atoms with E-state index in [-0.39, 0.29) is 17.1 Å². The van der Waals surface area contributed by atoms with E-state index in [1.54, 1.807) is 25.1 Å². The molecule has 0 aliphatic rings. The summed E-state index contributed by atoms with van der Waals surface area (Å²) in [6.45, 7) is 1.62. The molecule has 0 aliphatic carbocycles. The lowest BCUT2D eigenvalue weighted by molar-refractivity contribution is -0.385. The van der Waals surface area contributed by atoms with E-state index in [1.165, 1.54) is 26.3 Å². The van der Waals surface area contributed by atoms with Gasteiger partial charge in [0.2, 0.25) is 10.0 Å². The first-order valence-corrected chi connectivity index (χ1v) is 9.44. The molecule has 2 rings (SSSR count). The van der Waals surface area contributed by atoms with E-state index in [1.807, 2.05) is 0 Å². The quantitative estimate of drug-likeness (QED) is 0.518. The Morgan fingerprint density at radius 1 is 1.24 bits per heavy atom. The van der Waals surface area contributed by atoms with Crippen LogP contribution in [0.5, 0.6) is 5.75 Å². The van der Waals surface area contributed by atoms with E-state index >= 15 is 0 Å². The number of aryl methyl sites for hydroxylation is 1. The lowest BCUT2D eigenvalue weighted by Gasteiger charge is -2.19. The Morgan fingerprint density at radius 3 is 2.52 bits per heavy atom. The minimum atomic E-state index is -3.89. The van der Waals surface area contributed by atoms with Crippen LogP contribution in [0.4, 0.5) is 5.69 Å². The molecule has 0 saturated carbocycles. The maximum atomic E-state index is 12.8. The maximum Gasteiger partial charge on any atom is 0.273 e. The fraction of sp³-hybridized carbons (Fsp3) is 0.250. The molecule has 0 N–H and O–H groups in total. The molecule has 2 aromatic carbocycles. The van der Waals surface area contributed by atoms with Gasteiger partial charge in [-0.1, -0.05) is 22.0 Å². The number of ether oxygens (including phenoxy) is 1. The van der Waals surface area contributed by atoms with Gasteiger partial charge in [-0.15, -0.1) is 0 Å². The monoisotopic (exact) mass is 428 g/mol. The van der Waals surface area contributed by atoms with Gasteiger partial charge in [0, 0.05) is 35.3 Å². The molecule has 9 heteroatoms. The van der Waals surface area contributed by atoms with Crippen LogP contribution in [0, 0.1) is 17.0 Å². The summed E-state index contributed by atoms with van der Waals surface area (Å²) in [7, 11) is -0.967. The second-order valence-corrected chi connectivity index (χ2v) is 8.38. The molecule has 0 unspecified atom stereocenters. The lowest BCUT2D eigenvalue weighted by atomic mass is 10.2. The Hall–Kier alpha value is -1.97. The Labute approximate surface area is 154 Å². The minimum absolute atomic E-state index is 0.0621. The van der Waals surface area contributed by atoms with E-state index in [2.05, 4.69) is 15.9 Å². The molecule has 0 fully saturated rings. The van der Waals surface area contributed by atoms with Gasteiger partial charge in [-0.05, 0) is 31.2 Å². The summed E-state index contributed by atoms with van der Waals surface area (Å²) in [4.78, 5) is 10.3. The Balaban J connectivity index is 2.39. The number of halogens is 1. The molecule has 0 radical (unpaired) electrons. The van der Waals surface area contributed by atoms with Crippen molar-refractivity contribution in [2.45, 2.75) is 18.4 Å². The molecular weight excluding hydrogens is 412 g/mol. The van der Waals surface area contributed by atoms with Gasteiger partial charge in [-0.3, -0.25) is 10.1 Å². The summed E-state index contributed by atoms with van der Waals surface area (Å²) < 4.78 is 32.7. The summed E-state index contributed by atoms with van der Waals surface area (Å²) in [6, 6.07) is 9.17. The molecule has 0 heterocycles. The number of nitro benzene ring substituents is 1. The molecule has 0 bridgehead atoms. The summed E-state index contributed by atoms with van der Waals surface area (Å²) in [5, 5.41) is 11.1. The fourth-order valence-electron chi connectivity index (χ4n) is 2.32. The normalized spacial score (nSPS) is 11.6. The Kier molecular flexibility index (Phi) is 5.81. The number of nitrogens with zero attached hydrogens (tertiary/aromatic N) is 2. The zero-order chi connectivity index (χ0) is 18.8. The van der Waals surface area contributed by atoms with Crippen LogP contribution in [0.1, 0.15) is 11.1 Å². The lowest BCUT2D eigenvalue weighted by Crippen LogP contribution is -2.26. The summed E-state index contributed by atoms with van der Waals surface area (Å²) in [5.74, 6) is 0.556. The van der Waals surface area contributed by atoms with E-state index in [4.69, 9.17) is 4.74 Å². The highest BCUT2D eigenvalue weighted by atomic mass is 79.9. The zero-order valence-corrected chi connectivity index (χ0v) is 16.3. The SMILES string of the molecule is COc1ccc(Br)cc1CN(C)S(=O)(=O)c1ccc(C)c([N+](=O)[O-])c1. The third-order valence-corrected chi connectivity index (χ3v) is 6.01. The van der Waals surface area contributed by atoms with Crippen LogP contribution in [0.25, 0.3) is 0 Å². The van der Waals surface area contributed by atoms with Crippen LogP contribution in [0.15, 0.2) is 45.8 Å². The Bertz CT molecular complexity index is 915. The van der Waals surface area contributed by atoms with Crippen molar-refractivity contribution in [3.05, 3.63) is 62.1 Å². The predicted octanol–water partition coefficient (Wildman–Crippen LogP) is 3.50. The van der Waals surface area contributed by atoms with Crippen LogP contribution in [-0.4, -0.2) is 31.8 Å². The molecule has 0 amide bonds. The van der Waals surface area contributed by atoms with Gasteiger partial charge >= 0.3 is 0 Å². The molecule has 0 saturated heterocycles. The van der Waals surface area contributed by atoms with E-state index in [0.717, 1.165) is 14.8 Å². The van der Waals surface area contributed by atoms with Gasteiger partial charge in [-0.25, -0.2) is 8.42 Å². The average molecular weight is 429 g/mol. The van der Waals surface area contributed by atoms with Gasteiger partial charge in [0.25, 0.3) is 5.69 Å². The van der Waals surface area contributed by atoms with Crippen molar-refractivity contribution < 1.29 is 18.1 Å². The molecule has 0 aliphatic heterocycles. The van der Waals surface area contributed by atoms with Gasteiger partial charge in [-0.2, -0.15) is 4.31 Å². The second-order valence-electron chi connectivity index (χ2n) is 5.42. The van der Waals surface area contributed by atoms with E-state index in [0.29, 0.717) is 16.9 Å². The number of sulfonamides is 1. The van der Waals surface area contributed by atoms with Crippen molar-refractivity contribution in [1.29, 1.82) is 0 Å². The summed E-state index contributed by atoms with van der Waals surface area (Å²) in [6.07, 6.45) is 0. The number of nitro groups is 1. The van der Waals surface area contributed by atoms with E-state index in [9.17, 15) is 18.5 Å². The van der Waals surface area contributed by atoms with Crippen LogP contribution in [-0.2, 0) is 16.6 Å². The number of benzene rings is 2. The summed E-state index contributed by atoms with van der Waals surface area (Å²) >= 11 is 3.35. The van der Waals surface area contributed by atoms with Crippen molar-refractivity contribution in [3.63, 3.8) is 0 Å². The highest BCUT2D eigenvalue weighted by Gasteiger charge is 2.25. The van der Waals surface area contributed by atoms with Crippen molar-refractivity contribution >= 4 is 31.6 Å². The van der Waals surface area contributed by atoms with Crippen molar-refractivity contribution in [2.75, 3.05) is 14.2 Å². The second kappa shape index (κ2) is 7.51. The average Bonchev–Trinajstić information content (AvgIpc) is 2.55. The fourth-order valence-corrected chi connectivity index (χ4v) is 3.90. The van der Waals surface area contributed by atoms with Crippen molar-refractivity contribution in [1.82, 2.24) is 4.31 Å². The first-order chi connectivity index (χ1) is 11.7. The van der Waals surface area contributed by atoms with Crippen LogP contribution in [0.2, 0.25) is 0 Å². The highest BCUT2D eigenvalue weighted by Crippen LogP contribution is 2.28. The molecule has 2 aromatic rings. The van der Waals surface area contributed by atoms with E-state index < -0.39 is 14.9 Å². The first-order valence-electron chi connectivity index (χ1n) is 7.20. The van der Waals surface area contributed by atoms with Gasteiger partial charge in [0.1, 0.15) is 5.75 Å². The zero-order valence-electron chi connectivity index (χ0n) is 13.9. The molecule has 25 heavy (non-hydrogen) atoms. The van der Waals surface area contributed by atoms with Gasteiger partial charge in [0.15, 0.2) is 0 Å². The number of rotatable bonds is 6. The highest BCUT2D eigenvalue weighted by molar-refractivity contribution is 9.10. The van der Waals surface area contributed by atoms with Gasteiger partial charge < -0.3 is 4.74 Å². The summed E-state index contributed by atoms with van der Waals surface area (Å²) in [5.41, 5.74) is 0.847. The molecule has 134 valence electrons. The molecule has 0 aromatic heterocycles. The minimum Gasteiger partial charge on any atom is -0.496 e. The first kappa shape index (κ1) is 19.4. The van der Waals surface area contributed by atoms with Crippen LogP contribution in [0.3, 0.4) is 0 Å². The smallest absolute Gasteiger partial charge is 0.273 e. The predicted molar refractivity (Wildman–Crippen MR) is 97.2 cm³/mol. The number of hydrogen-bond acceptors (Lipinski definition) is 5. The van der Waals surface area contributed by atoms with Gasteiger partial charge in [0.05, 0.1) is 16.9 Å². The Morgan fingerprint density at radius 2 is 1.92 bits per heavy atom. The van der Waals surface area contributed by atoms with Crippen molar-refractivity contribution in [3.8, 4) is 5.75 Å². The number of methoxy groups -OCH3 is 1. The topological polar surface area (TPSA) is 89.8 Å². The third kappa shape index (κ3) is 4.17. The van der Waals surface area contributed by atoms with Crippen LogP contribution < -0.4 is 4.74 Å². The maximum absolute atomic E-state index is 12.8. The molecule has 0 atom stereocenters. The third-order valence-electron chi connectivity index (χ3n) is 3.72. The molecular formula is C16H17BrN2O5S. The largest absolute Gasteiger partial charge is 0.496 e. The molecule has 0 spiro atoms. The molecule has 7 nitrogen and oxygen atoms in total. The van der Waals surface area contributed by atoms with Crippen LogP contribution >= 0.6 is 15.9 Å².